The maximum atomic E-state index is 10.2. The normalized spacial score (nSPS) is 10.3. The van der Waals surface area contributed by atoms with E-state index in [4.69, 9.17) is 5.26 Å². The van der Waals surface area contributed by atoms with Gasteiger partial charge in [-0.3, -0.25) is 0 Å². The van der Waals surface area contributed by atoms with Crippen molar-refractivity contribution in [1.82, 2.24) is 0 Å². The summed E-state index contributed by atoms with van der Waals surface area (Å²) < 4.78 is 0. The van der Waals surface area contributed by atoms with Gasteiger partial charge in [0.05, 0.1) is 6.07 Å². The molecule has 0 aliphatic carbocycles. The van der Waals surface area contributed by atoms with Gasteiger partial charge in [-0.2, -0.15) is 5.26 Å². The molecule has 0 saturated heterocycles. The Labute approximate surface area is 55.5 Å². The highest BCUT2D eigenvalue weighted by molar-refractivity contribution is 5.57. The molecule has 0 amide bonds. The molecule has 0 aromatic carbocycles. The molecule has 0 saturated carbocycles. The number of hydrogen-bond donors (Lipinski definition) is 0. The minimum absolute atomic E-state index is 0.310. The summed E-state index contributed by atoms with van der Waals surface area (Å²) in [7, 11) is 0. The summed E-state index contributed by atoms with van der Waals surface area (Å²) in [6.45, 7) is 3.66. The molecular weight excluding hydrogens is 114 g/mol. The SMILES string of the molecule is CC(C)(C=O)CCC#N. The van der Waals surface area contributed by atoms with Crippen molar-refractivity contribution in [3.8, 4) is 6.07 Å². The fraction of sp³-hybridized carbons (Fsp3) is 0.714. The predicted molar refractivity (Wildman–Crippen MR) is 34.7 cm³/mol. The highest BCUT2D eigenvalue weighted by Gasteiger charge is 2.14. The van der Waals surface area contributed by atoms with Gasteiger partial charge in [0.1, 0.15) is 6.29 Å². The Kier molecular flexibility index (Phi) is 2.94. The summed E-state index contributed by atoms with van der Waals surface area (Å²) in [4.78, 5) is 10.2. The van der Waals surface area contributed by atoms with Crippen molar-refractivity contribution in [2.45, 2.75) is 26.7 Å². The Bertz CT molecular complexity index is 132. The van der Waals surface area contributed by atoms with E-state index < -0.39 is 0 Å². The van der Waals surface area contributed by atoms with Crippen molar-refractivity contribution < 1.29 is 4.79 Å². The smallest absolute Gasteiger partial charge is 0.125 e. The van der Waals surface area contributed by atoms with Gasteiger partial charge in [-0.15, -0.1) is 0 Å². The average Bonchev–Trinajstić information content (AvgIpc) is 1.84. The van der Waals surface area contributed by atoms with Crippen LogP contribution < -0.4 is 0 Å². The lowest BCUT2D eigenvalue weighted by Crippen LogP contribution is -2.11. The van der Waals surface area contributed by atoms with E-state index in [1.54, 1.807) is 0 Å². The lowest BCUT2D eigenvalue weighted by Gasteiger charge is -2.12. The van der Waals surface area contributed by atoms with E-state index in [-0.39, 0.29) is 5.41 Å². The zero-order chi connectivity index (χ0) is 7.33. The summed E-state index contributed by atoms with van der Waals surface area (Å²) >= 11 is 0. The maximum Gasteiger partial charge on any atom is 0.125 e. The van der Waals surface area contributed by atoms with Gasteiger partial charge < -0.3 is 4.79 Å². The highest BCUT2D eigenvalue weighted by atomic mass is 16.1. The lowest BCUT2D eigenvalue weighted by molar-refractivity contribution is -0.114. The van der Waals surface area contributed by atoms with Crippen LogP contribution in [0.1, 0.15) is 26.7 Å². The van der Waals surface area contributed by atoms with Crippen molar-refractivity contribution >= 4 is 6.29 Å². The van der Waals surface area contributed by atoms with Crippen molar-refractivity contribution in [2.75, 3.05) is 0 Å². The molecule has 0 atom stereocenters. The molecule has 0 spiro atoms. The second-order valence-corrected chi connectivity index (χ2v) is 2.76. The van der Waals surface area contributed by atoms with E-state index in [0.29, 0.717) is 12.8 Å². The molecular formula is C7H11NO. The van der Waals surface area contributed by atoms with Gasteiger partial charge in [0, 0.05) is 11.8 Å². The molecule has 2 nitrogen and oxygen atoms in total. The standard InChI is InChI=1S/C7H11NO/c1-7(2,6-9)4-3-5-8/h6H,3-4H2,1-2H3. The van der Waals surface area contributed by atoms with Crippen LogP contribution in [0, 0.1) is 16.7 Å². The van der Waals surface area contributed by atoms with Crippen LogP contribution in [0.25, 0.3) is 0 Å². The van der Waals surface area contributed by atoms with Crippen molar-refractivity contribution in [1.29, 1.82) is 5.26 Å². The van der Waals surface area contributed by atoms with Crippen molar-refractivity contribution in [3.63, 3.8) is 0 Å². The molecule has 0 aromatic heterocycles. The van der Waals surface area contributed by atoms with Crippen molar-refractivity contribution in [2.24, 2.45) is 5.41 Å². The Balaban J connectivity index is 3.61. The fourth-order valence-corrected chi connectivity index (χ4v) is 0.437. The molecule has 0 aromatic rings. The summed E-state index contributed by atoms with van der Waals surface area (Å²) in [6.07, 6.45) is 2.02. The Hall–Kier alpha value is -0.840. The number of hydrogen-bond acceptors (Lipinski definition) is 2. The average molecular weight is 125 g/mol. The predicted octanol–water partition coefficient (Wildman–Crippen LogP) is 1.52. The molecule has 2 heteroatoms. The molecule has 0 heterocycles. The summed E-state index contributed by atoms with van der Waals surface area (Å²) in [5.74, 6) is 0. The van der Waals surface area contributed by atoms with Gasteiger partial charge in [0.2, 0.25) is 0 Å². The topological polar surface area (TPSA) is 40.9 Å². The third-order valence-corrected chi connectivity index (χ3v) is 1.20. The molecule has 0 radical (unpaired) electrons. The first-order valence-corrected chi connectivity index (χ1v) is 2.96. The maximum absolute atomic E-state index is 10.2. The first-order valence-electron chi connectivity index (χ1n) is 2.96. The van der Waals surface area contributed by atoms with Crippen LogP contribution in [-0.4, -0.2) is 6.29 Å². The fourth-order valence-electron chi connectivity index (χ4n) is 0.437. The van der Waals surface area contributed by atoms with Gasteiger partial charge in [-0.1, -0.05) is 13.8 Å². The van der Waals surface area contributed by atoms with Crippen LogP contribution in [0.5, 0.6) is 0 Å². The molecule has 0 fully saturated rings. The van der Waals surface area contributed by atoms with E-state index in [9.17, 15) is 4.79 Å². The molecule has 9 heavy (non-hydrogen) atoms. The number of nitrogens with zero attached hydrogens (tertiary/aromatic N) is 1. The lowest BCUT2D eigenvalue weighted by atomic mass is 9.90. The molecule has 0 aliphatic rings. The van der Waals surface area contributed by atoms with Gasteiger partial charge in [0.15, 0.2) is 0 Å². The summed E-state index contributed by atoms with van der Waals surface area (Å²) in [5.41, 5.74) is -0.310. The Morgan fingerprint density at radius 3 is 2.56 bits per heavy atom. The zero-order valence-corrected chi connectivity index (χ0v) is 5.85. The number of rotatable bonds is 3. The van der Waals surface area contributed by atoms with E-state index >= 15 is 0 Å². The van der Waals surface area contributed by atoms with E-state index in [2.05, 4.69) is 0 Å². The number of nitriles is 1. The van der Waals surface area contributed by atoms with Crippen LogP contribution in [0.2, 0.25) is 0 Å². The first kappa shape index (κ1) is 8.16. The quantitative estimate of drug-likeness (QED) is 0.536. The molecule has 50 valence electrons. The monoisotopic (exact) mass is 125 g/mol. The number of carbonyl (C=O) groups excluding carboxylic acids is 1. The van der Waals surface area contributed by atoms with E-state index in [1.807, 2.05) is 19.9 Å². The number of carbonyl (C=O) groups is 1. The second kappa shape index (κ2) is 3.24. The molecule has 0 N–H and O–H groups in total. The van der Waals surface area contributed by atoms with Gasteiger partial charge >= 0.3 is 0 Å². The Morgan fingerprint density at radius 1 is 1.67 bits per heavy atom. The number of aldehydes is 1. The van der Waals surface area contributed by atoms with Crippen LogP contribution in [-0.2, 0) is 4.79 Å². The van der Waals surface area contributed by atoms with Crippen molar-refractivity contribution in [3.05, 3.63) is 0 Å². The van der Waals surface area contributed by atoms with Gasteiger partial charge in [-0.05, 0) is 6.42 Å². The van der Waals surface area contributed by atoms with Gasteiger partial charge in [0.25, 0.3) is 0 Å². The third kappa shape index (κ3) is 3.72. The summed E-state index contributed by atoms with van der Waals surface area (Å²) in [5, 5.41) is 8.16. The zero-order valence-electron chi connectivity index (χ0n) is 5.85. The summed E-state index contributed by atoms with van der Waals surface area (Å²) in [6, 6.07) is 2.00. The Morgan fingerprint density at radius 2 is 2.22 bits per heavy atom. The third-order valence-electron chi connectivity index (χ3n) is 1.20. The van der Waals surface area contributed by atoms with Gasteiger partial charge in [-0.25, -0.2) is 0 Å². The van der Waals surface area contributed by atoms with E-state index in [1.165, 1.54) is 0 Å². The van der Waals surface area contributed by atoms with Crippen LogP contribution in [0.15, 0.2) is 0 Å². The minimum Gasteiger partial charge on any atom is -0.303 e. The van der Waals surface area contributed by atoms with Crippen LogP contribution >= 0.6 is 0 Å². The first-order chi connectivity index (χ1) is 4.12. The molecule has 0 unspecified atom stereocenters. The molecule has 0 rings (SSSR count). The second-order valence-electron chi connectivity index (χ2n) is 2.76. The minimum atomic E-state index is -0.310. The molecule has 0 aliphatic heterocycles. The molecule has 0 bridgehead atoms. The highest BCUT2D eigenvalue weighted by Crippen LogP contribution is 2.17. The largest absolute Gasteiger partial charge is 0.303 e. The van der Waals surface area contributed by atoms with E-state index in [0.717, 1.165) is 6.29 Å². The van der Waals surface area contributed by atoms with Crippen LogP contribution in [0.4, 0.5) is 0 Å². The van der Waals surface area contributed by atoms with Crippen LogP contribution in [0.3, 0.4) is 0 Å².